The van der Waals surface area contributed by atoms with Crippen LogP contribution in [0.2, 0.25) is 0 Å². The van der Waals surface area contributed by atoms with Crippen molar-refractivity contribution in [3.8, 4) is 0 Å². The third-order valence-electron chi connectivity index (χ3n) is 3.76. The summed E-state index contributed by atoms with van der Waals surface area (Å²) in [7, 11) is -6.88. The Labute approximate surface area is 125 Å². The maximum absolute atomic E-state index is 12.8. The Morgan fingerprint density at radius 3 is 2.48 bits per heavy atom. The van der Waals surface area contributed by atoms with Crippen LogP contribution in [-0.2, 0) is 19.9 Å². The lowest BCUT2D eigenvalue weighted by Crippen LogP contribution is -2.34. The van der Waals surface area contributed by atoms with E-state index in [1.807, 2.05) is 0 Å². The Balaban J connectivity index is 2.46. The van der Waals surface area contributed by atoms with Gasteiger partial charge in [-0.2, -0.15) is 4.31 Å². The molecule has 2 N–H and O–H groups in total. The molecule has 0 atom stereocenters. The van der Waals surface area contributed by atoms with Gasteiger partial charge in [0.05, 0.1) is 16.4 Å². The van der Waals surface area contributed by atoms with E-state index in [9.17, 15) is 16.8 Å². The van der Waals surface area contributed by atoms with Crippen LogP contribution >= 0.6 is 0 Å². The third kappa shape index (κ3) is 3.22. The van der Waals surface area contributed by atoms with E-state index >= 15 is 0 Å². The van der Waals surface area contributed by atoms with Crippen LogP contribution in [0.3, 0.4) is 0 Å². The molecule has 1 aromatic carbocycles. The van der Waals surface area contributed by atoms with E-state index in [-0.39, 0.29) is 29.5 Å². The molecule has 1 heterocycles. The predicted molar refractivity (Wildman–Crippen MR) is 82.4 cm³/mol. The molecule has 8 heteroatoms. The molecule has 118 valence electrons. The van der Waals surface area contributed by atoms with Gasteiger partial charge in [-0.05, 0) is 37.5 Å². The molecule has 1 aliphatic rings. The minimum Gasteiger partial charge on any atom is -0.398 e. The summed E-state index contributed by atoms with van der Waals surface area (Å²) in [6, 6.07) is 3.35. The molecule has 0 unspecified atom stereocenters. The van der Waals surface area contributed by atoms with Crippen molar-refractivity contribution >= 4 is 25.5 Å². The zero-order valence-corrected chi connectivity index (χ0v) is 13.8. The van der Waals surface area contributed by atoms with E-state index in [0.717, 1.165) is 0 Å². The summed E-state index contributed by atoms with van der Waals surface area (Å²) >= 11 is 0. The fourth-order valence-corrected chi connectivity index (χ4v) is 5.85. The Bertz CT molecular complexity index is 755. The number of benzene rings is 1. The monoisotopic (exact) mass is 332 g/mol. The highest BCUT2D eigenvalue weighted by molar-refractivity contribution is 7.91. The Morgan fingerprint density at radius 2 is 1.81 bits per heavy atom. The fourth-order valence-electron chi connectivity index (χ4n) is 2.52. The lowest BCUT2D eigenvalue weighted by molar-refractivity contribution is 0.434. The third-order valence-corrected chi connectivity index (χ3v) is 7.66. The van der Waals surface area contributed by atoms with Crippen LogP contribution in [0.25, 0.3) is 0 Å². The number of nitrogens with two attached hydrogens (primary N) is 1. The Hall–Kier alpha value is -1.12. The van der Waals surface area contributed by atoms with Crippen molar-refractivity contribution < 1.29 is 16.8 Å². The van der Waals surface area contributed by atoms with Crippen molar-refractivity contribution in [2.45, 2.75) is 25.2 Å². The molecule has 2 rings (SSSR count). The van der Waals surface area contributed by atoms with Gasteiger partial charge >= 0.3 is 0 Å². The molecule has 1 fully saturated rings. The van der Waals surface area contributed by atoms with Gasteiger partial charge in [0.25, 0.3) is 0 Å². The average Bonchev–Trinajstić information content (AvgIpc) is 2.55. The largest absolute Gasteiger partial charge is 0.398 e. The molecule has 1 aliphatic heterocycles. The standard InChI is InChI=1S/C13H20N2O4S2/c1-10-4-5-12(14)11(2)13(10)21(18,19)15-6-3-8-20(16,17)9-7-15/h4-5H,3,6-9,14H2,1-2H3. The van der Waals surface area contributed by atoms with E-state index in [2.05, 4.69) is 0 Å². The summed E-state index contributed by atoms with van der Waals surface area (Å²) in [5, 5.41) is 0. The molecule has 0 aromatic heterocycles. The lowest BCUT2D eigenvalue weighted by Gasteiger charge is -2.22. The highest BCUT2D eigenvalue weighted by Crippen LogP contribution is 2.28. The highest BCUT2D eigenvalue weighted by atomic mass is 32.2. The van der Waals surface area contributed by atoms with Crippen LogP contribution in [-0.4, -0.2) is 45.7 Å². The van der Waals surface area contributed by atoms with Crippen molar-refractivity contribution in [2.24, 2.45) is 0 Å². The molecule has 6 nitrogen and oxygen atoms in total. The van der Waals surface area contributed by atoms with Crippen molar-refractivity contribution in [1.29, 1.82) is 0 Å². The van der Waals surface area contributed by atoms with Gasteiger partial charge < -0.3 is 5.73 Å². The maximum Gasteiger partial charge on any atom is 0.243 e. The number of anilines is 1. The van der Waals surface area contributed by atoms with Crippen LogP contribution in [0.4, 0.5) is 5.69 Å². The summed E-state index contributed by atoms with van der Waals surface area (Å²) in [5.41, 5.74) is 7.36. The van der Waals surface area contributed by atoms with E-state index in [0.29, 0.717) is 23.2 Å². The van der Waals surface area contributed by atoms with Gasteiger partial charge in [0, 0.05) is 18.8 Å². The van der Waals surface area contributed by atoms with Gasteiger partial charge in [0.15, 0.2) is 9.84 Å². The Kier molecular flexibility index (Phi) is 4.32. The molecule has 0 saturated carbocycles. The van der Waals surface area contributed by atoms with Gasteiger partial charge in [-0.1, -0.05) is 6.07 Å². The molecule has 0 aliphatic carbocycles. The topological polar surface area (TPSA) is 97.5 Å². The molecule has 21 heavy (non-hydrogen) atoms. The van der Waals surface area contributed by atoms with Gasteiger partial charge in [0.2, 0.25) is 10.0 Å². The van der Waals surface area contributed by atoms with Crippen molar-refractivity contribution in [2.75, 3.05) is 30.3 Å². The molecule has 0 radical (unpaired) electrons. The van der Waals surface area contributed by atoms with E-state index in [1.165, 1.54) is 4.31 Å². The minimum atomic E-state index is -3.73. The number of sulfone groups is 1. The van der Waals surface area contributed by atoms with Crippen molar-refractivity contribution in [3.05, 3.63) is 23.3 Å². The number of hydrogen-bond acceptors (Lipinski definition) is 5. The first-order valence-electron chi connectivity index (χ1n) is 6.71. The van der Waals surface area contributed by atoms with Crippen LogP contribution < -0.4 is 5.73 Å². The second-order valence-corrected chi connectivity index (χ2v) is 9.51. The summed E-state index contributed by atoms with van der Waals surface area (Å²) in [6.07, 6.45) is 0.321. The summed E-state index contributed by atoms with van der Waals surface area (Å²) in [6.45, 7) is 3.60. The molecule has 0 bridgehead atoms. The second kappa shape index (κ2) is 5.58. The van der Waals surface area contributed by atoms with Gasteiger partial charge in [0.1, 0.15) is 0 Å². The SMILES string of the molecule is Cc1ccc(N)c(C)c1S(=O)(=O)N1CCCS(=O)(=O)CC1. The van der Waals surface area contributed by atoms with E-state index in [4.69, 9.17) is 5.73 Å². The first-order valence-corrected chi connectivity index (χ1v) is 9.97. The number of hydrogen-bond donors (Lipinski definition) is 1. The number of nitrogens with zero attached hydrogens (tertiary/aromatic N) is 1. The molecule has 0 spiro atoms. The molecule has 1 saturated heterocycles. The molecule has 1 aromatic rings. The molecule has 0 amide bonds. The quantitative estimate of drug-likeness (QED) is 0.804. The van der Waals surface area contributed by atoms with Gasteiger partial charge in [-0.25, -0.2) is 16.8 Å². The number of sulfonamides is 1. The van der Waals surface area contributed by atoms with Gasteiger partial charge in [-0.15, -0.1) is 0 Å². The zero-order valence-electron chi connectivity index (χ0n) is 12.2. The number of rotatable bonds is 2. The predicted octanol–water partition coefficient (Wildman–Crippen LogP) is 0.695. The second-order valence-electron chi connectivity index (χ2n) is 5.34. The number of aryl methyl sites for hydroxylation is 1. The van der Waals surface area contributed by atoms with Crippen LogP contribution in [0, 0.1) is 13.8 Å². The zero-order chi connectivity index (χ0) is 15.8. The van der Waals surface area contributed by atoms with Crippen LogP contribution in [0.15, 0.2) is 17.0 Å². The molecular weight excluding hydrogens is 312 g/mol. The summed E-state index contributed by atoms with van der Waals surface area (Å²) < 4.78 is 50.1. The Morgan fingerprint density at radius 1 is 1.14 bits per heavy atom. The minimum absolute atomic E-state index is 0.00164. The average molecular weight is 332 g/mol. The number of nitrogen functional groups attached to an aromatic ring is 1. The van der Waals surface area contributed by atoms with Crippen LogP contribution in [0.5, 0.6) is 0 Å². The fraction of sp³-hybridized carbons (Fsp3) is 0.538. The smallest absolute Gasteiger partial charge is 0.243 e. The maximum atomic E-state index is 12.8. The summed E-state index contributed by atoms with van der Waals surface area (Å²) in [5.74, 6) is -0.0967. The highest BCUT2D eigenvalue weighted by Gasteiger charge is 2.31. The lowest BCUT2D eigenvalue weighted by atomic mass is 10.1. The van der Waals surface area contributed by atoms with Gasteiger partial charge in [-0.3, -0.25) is 0 Å². The summed E-state index contributed by atoms with van der Waals surface area (Å²) in [4.78, 5) is 0.196. The van der Waals surface area contributed by atoms with E-state index in [1.54, 1.807) is 26.0 Å². The van der Waals surface area contributed by atoms with Crippen molar-refractivity contribution in [3.63, 3.8) is 0 Å². The first-order chi connectivity index (χ1) is 9.65. The van der Waals surface area contributed by atoms with Crippen molar-refractivity contribution in [1.82, 2.24) is 4.31 Å². The first kappa shape index (κ1) is 16.3. The molecular formula is C13H20N2O4S2. The normalized spacial score (nSPS) is 20.1. The van der Waals surface area contributed by atoms with E-state index < -0.39 is 19.9 Å². The van der Waals surface area contributed by atoms with Crippen LogP contribution in [0.1, 0.15) is 17.5 Å².